The van der Waals surface area contributed by atoms with Crippen LogP contribution in [0.25, 0.3) is 0 Å². The van der Waals surface area contributed by atoms with Crippen LogP contribution in [0.5, 0.6) is 5.75 Å². The zero-order valence-electron chi connectivity index (χ0n) is 12.1. The van der Waals surface area contributed by atoms with Crippen molar-refractivity contribution in [2.75, 3.05) is 5.73 Å². The number of nitrogens with zero attached hydrogens (tertiary/aromatic N) is 2. The van der Waals surface area contributed by atoms with Crippen LogP contribution in [0.1, 0.15) is 30.8 Å². The molecule has 1 aromatic carbocycles. The topological polar surface area (TPSA) is 53.1 Å². The third kappa shape index (κ3) is 2.75. The number of para-hydroxylation sites is 1. The van der Waals surface area contributed by atoms with Crippen molar-refractivity contribution in [1.82, 2.24) is 9.78 Å². The van der Waals surface area contributed by atoms with E-state index in [1.807, 2.05) is 43.7 Å². The van der Waals surface area contributed by atoms with Gasteiger partial charge in [-0.2, -0.15) is 5.10 Å². The molecule has 0 saturated carbocycles. The first-order chi connectivity index (χ1) is 9.58. The van der Waals surface area contributed by atoms with Crippen LogP contribution < -0.4 is 10.5 Å². The van der Waals surface area contributed by atoms with E-state index in [1.54, 1.807) is 0 Å². The number of halogens is 1. The molecule has 0 aliphatic rings. The van der Waals surface area contributed by atoms with Crippen LogP contribution in [0.3, 0.4) is 0 Å². The molecule has 20 heavy (non-hydrogen) atoms. The van der Waals surface area contributed by atoms with Gasteiger partial charge in [0, 0.05) is 6.54 Å². The van der Waals surface area contributed by atoms with Crippen LogP contribution in [0.2, 0.25) is 5.02 Å². The lowest BCUT2D eigenvalue weighted by atomic mass is 10.2. The SMILES string of the molecule is CCc1nn(CC)c(COc2cccc(C)c2N)c1Cl. The molecule has 0 bridgehead atoms. The summed E-state index contributed by atoms with van der Waals surface area (Å²) >= 11 is 6.35. The van der Waals surface area contributed by atoms with Gasteiger partial charge in [-0.25, -0.2) is 0 Å². The van der Waals surface area contributed by atoms with Gasteiger partial charge in [-0.1, -0.05) is 30.7 Å². The number of hydrogen-bond acceptors (Lipinski definition) is 3. The molecule has 2 aromatic rings. The van der Waals surface area contributed by atoms with Gasteiger partial charge in [0.05, 0.1) is 22.1 Å². The minimum absolute atomic E-state index is 0.368. The van der Waals surface area contributed by atoms with Gasteiger partial charge in [-0.05, 0) is 31.9 Å². The van der Waals surface area contributed by atoms with Crippen molar-refractivity contribution in [3.8, 4) is 5.75 Å². The largest absolute Gasteiger partial charge is 0.485 e. The van der Waals surface area contributed by atoms with Crippen LogP contribution in [-0.2, 0) is 19.6 Å². The van der Waals surface area contributed by atoms with Crippen molar-refractivity contribution in [1.29, 1.82) is 0 Å². The maximum absolute atomic E-state index is 6.35. The van der Waals surface area contributed by atoms with Gasteiger partial charge in [-0.15, -0.1) is 0 Å². The van der Waals surface area contributed by atoms with E-state index in [0.29, 0.717) is 23.1 Å². The summed E-state index contributed by atoms with van der Waals surface area (Å²) in [6, 6.07) is 5.75. The highest BCUT2D eigenvalue weighted by molar-refractivity contribution is 6.31. The molecule has 2 N–H and O–H groups in total. The second-order valence-electron chi connectivity index (χ2n) is 4.65. The van der Waals surface area contributed by atoms with E-state index in [9.17, 15) is 0 Å². The van der Waals surface area contributed by atoms with Crippen LogP contribution in [0, 0.1) is 6.92 Å². The molecular formula is C15H20ClN3O. The Balaban J connectivity index is 2.22. The number of benzene rings is 1. The summed E-state index contributed by atoms with van der Waals surface area (Å²) in [6.45, 7) is 7.17. The van der Waals surface area contributed by atoms with E-state index >= 15 is 0 Å². The third-order valence-electron chi connectivity index (χ3n) is 3.34. The lowest BCUT2D eigenvalue weighted by Gasteiger charge is -2.11. The zero-order chi connectivity index (χ0) is 14.7. The van der Waals surface area contributed by atoms with Crippen molar-refractivity contribution in [3.63, 3.8) is 0 Å². The van der Waals surface area contributed by atoms with Gasteiger partial charge in [0.15, 0.2) is 0 Å². The molecular weight excluding hydrogens is 274 g/mol. The van der Waals surface area contributed by atoms with Gasteiger partial charge < -0.3 is 10.5 Å². The van der Waals surface area contributed by atoms with E-state index in [-0.39, 0.29) is 0 Å². The summed E-state index contributed by atoms with van der Waals surface area (Å²) < 4.78 is 7.70. The van der Waals surface area contributed by atoms with Crippen LogP contribution in [0.4, 0.5) is 5.69 Å². The first kappa shape index (κ1) is 14.7. The van der Waals surface area contributed by atoms with Crippen molar-refractivity contribution in [2.24, 2.45) is 0 Å². The molecule has 0 aliphatic carbocycles. The van der Waals surface area contributed by atoms with Crippen molar-refractivity contribution in [2.45, 2.75) is 40.3 Å². The van der Waals surface area contributed by atoms with Gasteiger partial charge in [0.2, 0.25) is 0 Å². The molecule has 0 spiro atoms. The fraction of sp³-hybridized carbons (Fsp3) is 0.400. The number of ether oxygens (including phenoxy) is 1. The van der Waals surface area contributed by atoms with E-state index in [4.69, 9.17) is 22.1 Å². The second-order valence-corrected chi connectivity index (χ2v) is 5.03. The lowest BCUT2D eigenvalue weighted by Crippen LogP contribution is -2.07. The van der Waals surface area contributed by atoms with Gasteiger partial charge in [-0.3, -0.25) is 4.68 Å². The van der Waals surface area contributed by atoms with Crippen molar-refractivity contribution in [3.05, 3.63) is 40.2 Å². The molecule has 0 radical (unpaired) electrons. The Morgan fingerprint density at radius 3 is 2.75 bits per heavy atom. The molecule has 0 saturated heterocycles. The number of nitrogen functional groups attached to an aromatic ring is 1. The Bertz CT molecular complexity index is 607. The van der Waals surface area contributed by atoms with Crippen molar-refractivity contribution < 1.29 is 4.74 Å². The molecule has 0 amide bonds. The van der Waals surface area contributed by atoms with Crippen molar-refractivity contribution >= 4 is 17.3 Å². The molecule has 108 valence electrons. The van der Waals surface area contributed by atoms with Gasteiger partial charge in [0.1, 0.15) is 12.4 Å². The molecule has 0 unspecified atom stereocenters. The Morgan fingerprint density at radius 2 is 2.10 bits per heavy atom. The normalized spacial score (nSPS) is 10.8. The number of aromatic nitrogens is 2. The minimum atomic E-state index is 0.368. The summed E-state index contributed by atoms with van der Waals surface area (Å²) in [5, 5.41) is 5.17. The number of aryl methyl sites for hydroxylation is 3. The minimum Gasteiger partial charge on any atom is -0.485 e. The fourth-order valence-electron chi connectivity index (χ4n) is 2.08. The molecule has 0 aliphatic heterocycles. The molecule has 4 nitrogen and oxygen atoms in total. The van der Waals surface area contributed by atoms with E-state index < -0.39 is 0 Å². The monoisotopic (exact) mass is 293 g/mol. The Hall–Kier alpha value is -1.68. The Kier molecular flexibility index (Phi) is 4.55. The van der Waals surface area contributed by atoms with Crippen LogP contribution in [0.15, 0.2) is 18.2 Å². The van der Waals surface area contributed by atoms with E-state index in [0.717, 1.165) is 29.9 Å². The lowest BCUT2D eigenvalue weighted by molar-refractivity contribution is 0.294. The standard InChI is InChI=1S/C15H20ClN3O/c1-4-11-14(16)12(19(5-2)18-11)9-20-13-8-6-7-10(3)15(13)17/h6-8H,4-5,9,17H2,1-3H3. The highest BCUT2D eigenvalue weighted by Crippen LogP contribution is 2.27. The average molecular weight is 294 g/mol. The van der Waals surface area contributed by atoms with Gasteiger partial charge in [0.25, 0.3) is 0 Å². The molecule has 5 heteroatoms. The maximum atomic E-state index is 6.35. The molecule has 2 rings (SSSR count). The predicted molar refractivity (Wildman–Crippen MR) is 82.2 cm³/mol. The first-order valence-electron chi connectivity index (χ1n) is 6.80. The number of hydrogen-bond donors (Lipinski definition) is 1. The maximum Gasteiger partial charge on any atom is 0.143 e. The highest BCUT2D eigenvalue weighted by Gasteiger charge is 2.15. The third-order valence-corrected chi connectivity index (χ3v) is 3.78. The highest BCUT2D eigenvalue weighted by atomic mass is 35.5. The first-order valence-corrected chi connectivity index (χ1v) is 7.18. The molecule has 1 heterocycles. The quantitative estimate of drug-likeness (QED) is 0.857. The summed E-state index contributed by atoms with van der Waals surface area (Å²) in [7, 11) is 0. The van der Waals surface area contributed by atoms with Gasteiger partial charge >= 0.3 is 0 Å². The fourth-order valence-corrected chi connectivity index (χ4v) is 2.40. The Labute approximate surface area is 124 Å². The number of rotatable bonds is 5. The summed E-state index contributed by atoms with van der Waals surface area (Å²) in [5.41, 5.74) is 9.48. The second kappa shape index (κ2) is 6.18. The smallest absolute Gasteiger partial charge is 0.143 e. The average Bonchev–Trinajstić information content (AvgIpc) is 2.76. The number of anilines is 1. The molecule has 0 fully saturated rings. The number of nitrogens with two attached hydrogens (primary N) is 1. The molecule has 0 atom stereocenters. The summed E-state index contributed by atoms with van der Waals surface area (Å²) in [5.74, 6) is 0.683. The summed E-state index contributed by atoms with van der Waals surface area (Å²) in [4.78, 5) is 0. The predicted octanol–water partition coefficient (Wildman–Crippen LogP) is 3.59. The van der Waals surface area contributed by atoms with E-state index in [1.165, 1.54) is 0 Å². The van der Waals surface area contributed by atoms with Crippen LogP contribution in [-0.4, -0.2) is 9.78 Å². The summed E-state index contributed by atoms with van der Waals surface area (Å²) in [6.07, 6.45) is 0.811. The zero-order valence-corrected chi connectivity index (χ0v) is 12.9. The molecule has 1 aromatic heterocycles. The van der Waals surface area contributed by atoms with Crippen LogP contribution >= 0.6 is 11.6 Å². The Morgan fingerprint density at radius 1 is 1.35 bits per heavy atom. The van der Waals surface area contributed by atoms with E-state index in [2.05, 4.69) is 5.10 Å².